The Morgan fingerprint density at radius 1 is 1.18 bits per heavy atom. The normalized spacial score (nSPS) is 16.6. The minimum absolute atomic E-state index is 0.102. The molecule has 1 aliphatic rings. The van der Waals surface area contributed by atoms with Gasteiger partial charge in [0, 0.05) is 23.4 Å². The molecule has 6 nitrogen and oxygen atoms in total. The van der Waals surface area contributed by atoms with Gasteiger partial charge in [-0.15, -0.1) is 11.8 Å². The van der Waals surface area contributed by atoms with Crippen molar-refractivity contribution in [2.24, 2.45) is 0 Å². The molecule has 0 N–H and O–H groups in total. The summed E-state index contributed by atoms with van der Waals surface area (Å²) in [5.41, 5.74) is 1.94. The second-order valence-electron chi connectivity index (χ2n) is 6.61. The number of nitrogens with zero attached hydrogens (tertiary/aromatic N) is 3. The largest absolute Gasteiger partial charge is 0.497 e. The summed E-state index contributed by atoms with van der Waals surface area (Å²) >= 11 is 1.69. The lowest BCUT2D eigenvalue weighted by molar-refractivity contribution is -0.129. The van der Waals surface area contributed by atoms with Gasteiger partial charge in [-0.1, -0.05) is 17.3 Å². The molecule has 1 aromatic heterocycles. The number of hydrogen-bond donors (Lipinski definition) is 0. The molecule has 3 aromatic rings. The molecule has 144 valence electrons. The van der Waals surface area contributed by atoms with Gasteiger partial charge >= 0.3 is 0 Å². The molecule has 0 spiro atoms. The SMILES string of the molecule is COc1ccc(CN2C(=O)CCC2c2nc(-c3ccc(SC)cc3)no2)cc1. The lowest BCUT2D eigenvalue weighted by Gasteiger charge is -2.22. The Hall–Kier alpha value is -2.80. The first-order valence-electron chi connectivity index (χ1n) is 9.08. The molecule has 0 radical (unpaired) electrons. The van der Waals surface area contributed by atoms with Crippen LogP contribution >= 0.6 is 11.8 Å². The average molecular weight is 395 g/mol. The predicted octanol–water partition coefficient (Wildman–Crippen LogP) is 4.33. The minimum atomic E-state index is -0.193. The third-order valence-electron chi connectivity index (χ3n) is 4.92. The standard InChI is InChI=1S/C21H21N3O3S/c1-26-16-7-3-14(4-8-16)13-24-18(11-12-19(24)25)21-22-20(23-27-21)15-5-9-17(28-2)10-6-15/h3-10,18H,11-13H2,1-2H3. The molecular weight excluding hydrogens is 374 g/mol. The second kappa shape index (κ2) is 8.06. The Bertz CT molecular complexity index is 954. The summed E-state index contributed by atoms with van der Waals surface area (Å²) < 4.78 is 10.7. The molecule has 0 saturated carbocycles. The zero-order valence-corrected chi connectivity index (χ0v) is 16.6. The number of benzene rings is 2. The van der Waals surface area contributed by atoms with Gasteiger partial charge < -0.3 is 14.2 Å². The number of amides is 1. The van der Waals surface area contributed by atoms with E-state index in [1.54, 1.807) is 18.9 Å². The van der Waals surface area contributed by atoms with Crippen molar-refractivity contribution in [1.82, 2.24) is 15.0 Å². The van der Waals surface area contributed by atoms with Crippen LogP contribution in [0, 0.1) is 0 Å². The van der Waals surface area contributed by atoms with E-state index in [4.69, 9.17) is 9.26 Å². The van der Waals surface area contributed by atoms with Crippen LogP contribution in [0.1, 0.15) is 30.3 Å². The molecule has 2 heterocycles. The Balaban J connectivity index is 1.53. The Morgan fingerprint density at radius 3 is 2.61 bits per heavy atom. The van der Waals surface area contributed by atoms with Crippen LogP contribution in [0.2, 0.25) is 0 Å². The molecule has 1 aliphatic heterocycles. The van der Waals surface area contributed by atoms with Crippen LogP contribution in [0.4, 0.5) is 0 Å². The highest BCUT2D eigenvalue weighted by Crippen LogP contribution is 2.34. The maximum atomic E-state index is 12.4. The minimum Gasteiger partial charge on any atom is -0.497 e. The van der Waals surface area contributed by atoms with Crippen LogP contribution in [0.15, 0.2) is 57.9 Å². The molecule has 1 saturated heterocycles. The first kappa shape index (κ1) is 18.6. The number of rotatable bonds is 6. The fraction of sp³-hybridized carbons (Fsp3) is 0.286. The van der Waals surface area contributed by atoms with Crippen molar-refractivity contribution in [3.63, 3.8) is 0 Å². The third kappa shape index (κ3) is 3.75. The molecule has 1 amide bonds. The van der Waals surface area contributed by atoms with Crippen molar-refractivity contribution >= 4 is 17.7 Å². The molecule has 1 atom stereocenters. The summed E-state index contributed by atoms with van der Waals surface area (Å²) in [7, 11) is 1.64. The van der Waals surface area contributed by atoms with Crippen molar-refractivity contribution in [2.45, 2.75) is 30.3 Å². The third-order valence-corrected chi connectivity index (χ3v) is 5.66. The number of aromatic nitrogens is 2. The Morgan fingerprint density at radius 2 is 1.93 bits per heavy atom. The predicted molar refractivity (Wildman–Crippen MR) is 107 cm³/mol. The van der Waals surface area contributed by atoms with E-state index in [-0.39, 0.29) is 11.9 Å². The van der Waals surface area contributed by atoms with Gasteiger partial charge in [0.15, 0.2) is 0 Å². The highest BCUT2D eigenvalue weighted by molar-refractivity contribution is 7.98. The molecule has 7 heteroatoms. The van der Waals surface area contributed by atoms with Crippen molar-refractivity contribution in [3.05, 3.63) is 60.0 Å². The number of carbonyl (C=O) groups excluding carboxylic acids is 1. The second-order valence-corrected chi connectivity index (χ2v) is 7.49. The molecule has 4 rings (SSSR count). The molecule has 0 bridgehead atoms. The number of likely N-dealkylation sites (tertiary alicyclic amines) is 1. The van der Waals surface area contributed by atoms with E-state index in [1.807, 2.05) is 59.7 Å². The van der Waals surface area contributed by atoms with Gasteiger partial charge in [-0.2, -0.15) is 4.98 Å². The number of ether oxygens (including phenoxy) is 1. The lowest BCUT2D eigenvalue weighted by Crippen LogP contribution is -2.27. The van der Waals surface area contributed by atoms with Crippen LogP contribution in [-0.2, 0) is 11.3 Å². The van der Waals surface area contributed by atoms with Crippen molar-refractivity contribution in [3.8, 4) is 17.1 Å². The van der Waals surface area contributed by atoms with Gasteiger partial charge in [-0.3, -0.25) is 4.79 Å². The monoisotopic (exact) mass is 395 g/mol. The maximum absolute atomic E-state index is 12.4. The van der Waals surface area contributed by atoms with Crippen molar-refractivity contribution < 1.29 is 14.1 Å². The topological polar surface area (TPSA) is 68.5 Å². The van der Waals surface area contributed by atoms with E-state index < -0.39 is 0 Å². The van der Waals surface area contributed by atoms with Gasteiger partial charge in [0.2, 0.25) is 17.6 Å². The van der Waals surface area contributed by atoms with E-state index in [0.717, 1.165) is 16.9 Å². The van der Waals surface area contributed by atoms with E-state index in [0.29, 0.717) is 31.1 Å². The van der Waals surface area contributed by atoms with Crippen LogP contribution < -0.4 is 4.74 Å². The van der Waals surface area contributed by atoms with Crippen LogP contribution in [0.5, 0.6) is 5.75 Å². The summed E-state index contributed by atoms with van der Waals surface area (Å²) in [6.45, 7) is 0.508. The van der Waals surface area contributed by atoms with Gasteiger partial charge in [-0.25, -0.2) is 0 Å². The van der Waals surface area contributed by atoms with Gasteiger partial charge in [0.1, 0.15) is 11.8 Å². The highest BCUT2D eigenvalue weighted by Gasteiger charge is 2.36. The zero-order chi connectivity index (χ0) is 19.5. The van der Waals surface area contributed by atoms with E-state index in [1.165, 1.54) is 4.90 Å². The van der Waals surface area contributed by atoms with E-state index >= 15 is 0 Å². The molecule has 1 unspecified atom stereocenters. The summed E-state index contributed by atoms with van der Waals surface area (Å²) in [5, 5.41) is 4.13. The Labute approximate surface area is 167 Å². The summed E-state index contributed by atoms with van der Waals surface area (Å²) in [4.78, 5) is 20.0. The quantitative estimate of drug-likeness (QED) is 0.579. The van der Waals surface area contributed by atoms with Crippen LogP contribution in [0.3, 0.4) is 0 Å². The Kier molecular flexibility index (Phi) is 5.34. The van der Waals surface area contributed by atoms with Crippen molar-refractivity contribution in [1.29, 1.82) is 0 Å². The lowest BCUT2D eigenvalue weighted by atomic mass is 10.1. The fourth-order valence-electron chi connectivity index (χ4n) is 3.34. The van der Waals surface area contributed by atoms with Crippen molar-refractivity contribution in [2.75, 3.05) is 13.4 Å². The number of thioether (sulfide) groups is 1. The maximum Gasteiger partial charge on any atom is 0.249 e. The zero-order valence-electron chi connectivity index (χ0n) is 15.8. The number of carbonyl (C=O) groups is 1. The highest BCUT2D eigenvalue weighted by atomic mass is 32.2. The molecule has 1 fully saturated rings. The van der Waals surface area contributed by atoms with Gasteiger partial charge in [0.25, 0.3) is 0 Å². The number of hydrogen-bond acceptors (Lipinski definition) is 6. The van der Waals surface area contributed by atoms with Crippen LogP contribution in [-0.4, -0.2) is 34.3 Å². The summed E-state index contributed by atoms with van der Waals surface area (Å²) in [6.07, 6.45) is 3.21. The fourth-order valence-corrected chi connectivity index (χ4v) is 3.75. The first-order valence-corrected chi connectivity index (χ1v) is 10.3. The smallest absolute Gasteiger partial charge is 0.249 e. The first-order chi connectivity index (χ1) is 13.7. The van der Waals surface area contributed by atoms with Gasteiger partial charge in [-0.05, 0) is 54.6 Å². The average Bonchev–Trinajstić information content (AvgIpc) is 3.36. The summed E-state index contributed by atoms with van der Waals surface area (Å²) in [6, 6.07) is 15.6. The molecule has 28 heavy (non-hydrogen) atoms. The molecule has 0 aliphatic carbocycles. The van der Waals surface area contributed by atoms with E-state index in [2.05, 4.69) is 10.1 Å². The summed E-state index contributed by atoms with van der Waals surface area (Å²) in [5.74, 6) is 1.93. The number of methoxy groups -OCH3 is 1. The molecular formula is C21H21N3O3S. The molecule has 2 aromatic carbocycles. The van der Waals surface area contributed by atoms with Gasteiger partial charge in [0.05, 0.1) is 7.11 Å². The van der Waals surface area contributed by atoms with E-state index in [9.17, 15) is 4.79 Å². The van der Waals surface area contributed by atoms with Crippen LogP contribution in [0.25, 0.3) is 11.4 Å².